The molecule has 11 heteroatoms. The predicted molar refractivity (Wildman–Crippen MR) is 80.7 cm³/mol. The second kappa shape index (κ2) is 9.96. The highest BCUT2D eigenvalue weighted by atomic mass is 31.2. The van der Waals surface area contributed by atoms with Gasteiger partial charge in [-0.2, -0.15) is 0 Å². The van der Waals surface area contributed by atoms with E-state index in [1.807, 2.05) is 5.32 Å². The fourth-order valence-corrected chi connectivity index (χ4v) is 3.33. The summed E-state index contributed by atoms with van der Waals surface area (Å²) in [4.78, 5) is 22.7. The number of carbonyl (C=O) groups excluding carboxylic acids is 1. The number of carboxylic acid groups (broad SMARTS) is 1. The number of amides is 1. The molecule has 0 aliphatic heterocycles. The average molecular weight is 356 g/mol. The SMILES string of the molecule is CC(C)OP(=O)(N[C@@H](CO)C(=O)N[C@@H](CO)C(=O)O)OC(C)C. The van der Waals surface area contributed by atoms with Crippen molar-refractivity contribution in [2.45, 2.75) is 52.0 Å². The highest BCUT2D eigenvalue weighted by molar-refractivity contribution is 7.51. The smallest absolute Gasteiger partial charge is 0.406 e. The van der Waals surface area contributed by atoms with Gasteiger partial charge in [0.1, 0.15) is 12.1 Å². The Bertz CT molecular complexity index is 429. The number of aliphatic hydroxyl groups is 2. The van der Waals surface area contributed by atoms with E-state index in [1.54, 1.807) is 27.7 Å². The van der Waals surface area contributed by atoms with Crippen molar-refractivity contribution < 1.29 is 38.5 Å². The second-order valence-electron chi connectivity index (χ2n) is 5.25. The Kier molecular flexibility index (Phi) is 9.52. The summed E-state index contributed by atoms with van der Waals surface area (Å²) in [5.41, 5.74) is 0. The van der Waals surface area contributed by atoms with Gasteiger partial charge in [-0.15, -0.1) is 0 Å². The lowest BCUT2D eigenvalue weighted by atomic mass is 10.2. The van der Waals surface area contributed by atoms with Crippen molar-refractivity contribution in [3.8, 4) is 0 Å². The van der Waals surface area contributed by atoms with Crippen molar-refractivity contribution in [2.24, 2.45) is 0 Å². The van der Waals surface area contributed by atoms with Gasteiger partial charge in [-0.3, -0.25) is 13.8 Å². The van der Waals surface area contributed by atoms with Crippen LogP contribution in [-0.4, -0.2) is 64.7 Å². The number of aliphatic hydroxyl groups excluding tert-OH is 2. The number of hydrogen-bond acceptors (Lipinski definition) is 7. The summed E-state index contributed by atoms with van der Waals surface area (Å²) >= 11 is 0. The van der Waals surface area contributed by atoms with Crippen LogP contribution in [-0.2, 0) is 23.2 Å². The summed E-state index contributed by atoms with van der Waals surface area (Å²) in [6, 6.07) is -2.98. The zero-order chi connectivity index (χ0) is 18.2. The fraction of sp³-hybridized carbons (Fsp3) is 0.833. The molecule has 0 saturated carbocycles. The van der Waals surface area contributed by atoms with Gasteiger partial charge in [-0.05, 0) is 27.7 Å². The van der Waals surface area contributed by atoms with E-state index in [9.17, 15) is 19.3 Å². The molecule has 0 aromatic heterocycles. The molecule has 0 aromatic rings. The topological polar surface area (TPSA) is 154 Å². The Morgan fingerprint density at radius 2 is 1.43 bits per heavy atom. The Balaban J connectivity index is 5.08. The normalized spacial score (nSPS) is 14.8. The number of aliphatic carboxylic acids is 1. The molecule has 23 heavy (non-hydrogen) atoms. The Labute approximate surface area is 134 Å². The van der Waals surface area contributed by atoms with Crippen molar-refractivity contribution in [3.05, 3.63) is 0 Å². The number of hydrogen-bond donors (Lipinski definition) is 5. The third-order valence-electron chi connectivity index (χ3n) is 2.31. The van der Waals surface area contributed by atoms with Crippen molar-refractivity contribution in [1.29, 1.82) is 0 Å². The number of carbonyl (C=O) groups is 2. The molecule has 0 radical (unpaired) electrons. The lowest BCUT2D eigenvalue weighted by molar-refractivity contribution is -0.143. The standard InChI is InChI=1S/C12H25N2O8P/c1-7(2)21-23(20,22-8(3)4)14-9(5-15)11(17)13-10(6-16)12(18)19/h7-10,15-16H,5-6H2,1-4H3,(H,13,17)(H,14,20)(H,18,19)/t9-,10-/m0/s1. The largest absolute Gasteiger partial charge is 0.480 e. The van der Waals surface area contributed by atoms with Crippen molar-refractivity contribution in [2.75, 3.05) is 13.2 Å². The quantitative estimate of drug-likeness (QED) is 0.307. The molecule has 0 saturated heterocycles. The van der Waals surface area contributed by atoms with Crippen molar-refractivity contribution in [1.82, 2.24) is 10.4 Å². The van der Waals surface area contributed by atoms with Gasteiger partial charge < -0.3 is 20.6 Å². The fourth-order valence-electron chi connectivity index (χ4n) is 1.47. The van der Waals surface area contributed by atoms with Crippen LogP contribution in [0.5, 0.6) is 0 Å². The minimum Gasteiger partial charge on any atom is -0.480 e. The molecule has 10 nitrogen and oxygen atoms in total. The molecule has 2 atom stereocenters. The van der Waals surface area contributed by atoms with E-state index in [0.29, 0.717) is 0 Å². The summed E-state index contributed by atoms with van der Waals surface area (Å²) < 4.78 is 22.9. The number of nitrogens with one attached hydrogen (secondary N) is 2. The van der Waals surface area contributed by atoms with Gasteiger partial charge in [-0.1, -0.05) is 0 Å². The molecule has 0 fully saturated rings. The van der Waals surface area contributed by atoms with E-state index >= 15 is 0 Å². The molecule has 0 rings (SSSR count). The lowest BCUT2D eigenvalue weighted by Crippen LogP contribution is -2.52. The van der Waals surface area contributed by atoms with E-state index in [1.165, 1.54) is 0 Å². The van der Waals surface area contributed by atoms with Gasteiger partial charge in [-0.25, -0.2) is 14.4 Å². The zero-order valence-corrected chi connectivity index (χ0v) is 14.4. The van der Waals surface area contributed by atoms with E-state index < -0.39 is 57.1 Å². The van der Waals surface area contributed by atoms with E-state index in [0.717, 1.165) is 0 Å². The van der Waals surface area contributed by atoms with E-state index in [-0.39, 0.29) is 0 Å². The minimum atomic E-state index is -3.91. The van der Waals surface area contributed by atoms with Gasteiger partial charge in [0.2, 0.25) is 5.91 Å². The van der Waals surface area contributed by atoms with Gasteiger partial charge in [0.05, 0.1) is 25.4 Å². The first-order valence-electron chi connectivity index (χ1n) is 7.04. The van der Waals surface area contributed by atoms with Crippen LogP contribution < -0.4 is 10.4 Å². The summed E-state index contributed by atoms with van der Waals surface area (Å²) in [6.07, 6.45) is -0.975. The first-order valence-corrected chi connectivity index (χ1v) is 8.58. The minimum absolute atomic E-state index is 0.487. The van der Waals surface area contributed by atoms with Crippen LogP contribution in [0.25, 0.3) is 0 Å². The molecule has 0 aromatic carbocycles. The van der Waals surface area contributed by atoms with Crippen LogP contribution in [0.1, 0.15) is 27.7 Å². The highest BCUT2D eigenvalue weighted by Gasteiger charge is 2.34. The van der Waals surface area contributed by atoms with Gasteiger partial charge in [0.25, 0.3) is 0 Å². The molecule has 0 aliphatic carbocycles. The molecule has 0 unspecified atom stereocenters. The molecule has 136 valence electrons. The van der Waals surface area contributed by atoms with Crippen LogP contribution >= 0.6 is 7.75 Å². The first-order chi connectivity index (χ1) is 10.5. The molecule has 0 heterocycles. The molecule has 0 spiro atoms. The number of carboxylic acids is 1. The Morgan fingerprint density at radius 1 is 1.00 bits per heavy atom. The summed E-state index contributed by atoms with van der Waals surface area (Å²) in [5.74, 6) is -2.41. The average Bonchev–Trinajstić information content (AvgIpc) is 2.39. The summed E-state index contributed by atoms with van der Waals surface area (Å²) in [6.45, 7) is 4.82. The van der Waals surface area contributed by atoms with E-state index in [4.69, 9.17) is 19.3 Å². The number of rotatable bonds is 11. The van der Waals surface area contributed by atoms with Crippen LogP contribution in [0.3, 0.4) is 0 Å². The van der Waals surface area contributed by atoms with Gasteiger partial charge in [0.15, 0.2) is 0 Å². The molecule has 0 bridgehead atoms. The van der Waals surface area contributed by atoms with Crippen molar-refractivity contribution in [3.63, 3.8) is 0 Å². The molecule has 1 amide bonds. The van der Waals surface area contributed by atoms with E-state index in [2.05, 4.69) is 5.09 Å². The third kappa shape index (κ3) is 8.40. The monoisotopic (exact) mass is 356 g/mol. The van der Waals surface area contributed by atoms with Gasteiger partial charge >= 0.3 is 13.7 Å². The maximum Gasteiger partial charge on any atom is 0.406 e. The predicted octanol–water partition coefficient (Wildman–Crippen LogP) is -0.543. The molecular weight excluding hydrogens is 331 g/mol. The molecular formula is C12H25N2O8P. The van der Waals surface area contributed by atoms with Gasteiger partial charge in [0, 0.05) is 0 Å². The Hall–Kier alpha value is -1.03. The maximum absolute atomic E-state index is 12.6. The maximum atomic E-state index is 12.6. The molecule has 0 aliphatic rings. The third-order valence-corrected chi connectivity index (χ3v) is 4.34. The Morgan fingerprint density at radius 3 is 1.74 bits per heavy atom. The highest BCUT2D eigenvalue weighted by Crippen LogP contribution is 2.46. The summed E-state index contributed by atoms with van der Waals surface area (Å²) in [5, 5.41) is 31.2. The lowest BCUT2D eigenvalue weighted by Gasteiger charge is -2.27. The second-order valence-corrected chi connectivity index (χ2v) is 6.93. The molecule has 5 N–H and O–H groups in total. The van der Waals surface area contributed by atoms with Crippen LogP contribution in [0.15, 0.2) is 0 Å². The first kappa shape index (κ1) is 22.0. The van der Waals surface area contributed by atoms with Crippen LogP contribution in [0.2, 0.25) is 0 Å². The summed E-state index contributed by atoms with van der Waals surface area (Å²) in [7, 11) is -3.91. The van der Waals surface area contributed by atoms with Crippen LogP contribution in [0, 0.1) is 0 Å². The van der Waals surface area contributed by atoms with Crippen LogP contribution in [0.4, 0.5) is 0 Å². The van der Waals surface area contributed by atoms with Crippen molar-refractivity contribution >= 4 is 19.6 Å². The zero-order valence-electron chi connectivity index (χ0n) is 13.6.